The summed E-state index contributed by atoms with van der Waals surface area (Å²) in [7, 11) is 1.62. The van der Waals surface area contributed by atoms with Crippen molar-refractivity contribution in [3.05, 3.63) is 36.5 Å². The van der Waals surface area contributed by atoms with Crippen LogP contribution in [0.2, 0.25) is 0 Å². The van der Waals surface area contributed by atoms with Crippen molar-refractivity contribution in [3.63, 3.8) is 0 Å². The predicted molar refractivity (Wildman–Crippen MR) is 83.6 cm³/mol. The minimum absolute atomic E-state index is 0.100. The monoisotopic (exact) mass is 317 g/mol. The van der Waals surface area contributed by atoms with Crippen molar-refractivity contribution in [3.8, 4) is 5.69 Å². The maximum Gasteiger partial charge on any atom is 0.323 e. The van der Waals surface area contributed by atoms with Gasteiger partial charge in [0.2, 0.25) is 0 Å². The van der Waals surface area contributed by atoms with Gasteiger partial charge in [-0.15, -0.1) is 5.10 Å². The number of para-hydroxylation sites is 1. The minimum atomic E-state index is -0.200. The zero-order valence-electron chi connectivity index (χ0n) is 12.9. The standard InChI is InChI=1S/C15H19N5O3/c1-22-11-13-10-19(7-8-23-13)15(21)17-14-9-16-18-20(14)12-5-3-2-4-6-12/h2-6,9,13H,7-8,10-11H2,1H3,(H,17,21). The molecule has 1 unspecified atom stereocenters. The molecule has 1 atom stereocenters. The molecule has 23 heavy (non-hydrogen) atoms. The van der Waals surface area contributed by atoms with Crippen LogP contribution in [0.25, 0.3) is 5.69 Å². The third-order valence-electron chi connectivity index (χ3n) is 3.56. The van der Waals surface area contributed by atoms with Crippen LogP contribution in [0.3, 0.4) is 0 Å². The first-order chi connectivity index (χ1) is 11.3. The van der Waals surface area contributed by atoms with Crippen LogP contribution in [0, 0.1) is 0 Å². The van der Waals surface area contributed by atoms with Crippen molar-refractivity contribution in [2.45, 2.75) is 6.10 Å². The zero-order chi connectivity index (χ0) is 16.1. The Balaban J connectivity index is 1.68. The summed E-state index contributed by atoms with van der Waals surface area (Å²) in [6.45, 7) is 2.00. The Hall–Kier alpha value is -2.45. The smallest absolute Gasteiger partial charge is 0.323 e. The molecule has 2 heterocycles. The molecule has 0 aliphatic carbocycles. The number of amides is 2. The lowest BCUT2D eigenvalue weighted by molar-refractivity contribution is -0.0481. The van der Waals surface area contributed by atoms with Crippen LogP contribution >= 0.6 is 0 Å². The van der Waals surface area contributed by atoms with Crippen LogP contribution in [0.4, 0.5) is 10.6 Å². The van der Waals surface area contributed by atoms with E-state index in [1.807, 2.05) is 30.3 Å². The summed E-state index contributed by atoms with van der Waals surface area (Å²) < 4.78 is 12.2. The van der Waals surface area contributed by atoms with E-state index in [2.05, 4.69) is 15.6 Å². The number of hydrogen-bond donors (Lipinski definition) is 1. The second-order valence-corrected chi connectivity index (χ2v) is 5.19. The van der Waals surface area contributed by atoms with Gasteiger partial charge in [0.1, 0.15) is 0 Å². The first-order valence-electron chi connectivity index (χ1n) is 7.40. The van der Waals surface area contributed by atoms with E-state index in [4.69, 9.17) is 9.47 Å². The van der Waals surface area contributed by atoms with Crippen molar-refractivity contribution in [1.82, 2.24) is 19.9 Å². The van der Waals surface area contributed by atoms with Gasteiger partial charge in [0.25, 0.3) is 0 Å². The quantitative estimate of drug-likeness (QED) is 0.915. The summed E-state index contributed by atoms with van der Waals surface area (Å²) >= 11 is 0. The molecule has 1 aromatic carbocycles. The van der Waals surface area contributed by atoms with Crippen LogP contribution in [0.5, 0.6) is 0 Å². The number of ether oxygens (including phenoxy) is 2. The molecule has 2 amide bonds. The molecule has 0 bridgehead atoms. The maximum absolute atomic E-state index is 12.4. The summed E-state index contributed by atoms with van der Waals surface area (Å²) in [5.41, 5.74) is 0.833. The number of urea groups is 1. The number of carbonyl (C=O) groups excluding carboxylic acids is 1. The Morgan fingerprint density at radius 3 is 3.04 bits per heavy atom. The van der Waals surface area contributed by atoms with Crippen LogP contribution in [0.1, 0.15) is 0 Å². The van der Waals surface area contributed by atoms with Crippen LogP contribution in [-0.4, -0.2) is 65.4 Å². The summed E-state index contributed by atoms with van der Waals surface area (Å²) in [4.78, 5) is 14.2. The second kappa shape index (κ2) is 7.21. The number of nitrogens with zero attached hydrogens (tertiary/aromatic N) is 4. The highest BCUT2D eigenvalue weighted by atomic mass is 16.5. The number of anilines is 1. The largest absolute Gasteiger partial charge is 0.382 e. The van der Waals surface area contributed by atoms with Gasteiger partial charge in [0, 0.05) is 13.7 Å². The first-order valence-corrected chi connectivity index (χ1v) is 7.40. The number of benzene rings is 1. The highest BCUT2D eigenvalue weighted by molar-refractivity contribution is 5.88. The zero-order valence-corrected chi connectivity index (χ0v) is 12.9. The van der Waals surface area contributed by atoms with Crippen LogP contribution in [0.15, 0.2) is 36.5 Å². The Labute approximate surface area is 134 Å². The molecule has 1 aromatic heterocycles. The van der Waals surface area contributed by atoms with E-state index in [1.165, 1.54) is 6.20 Å². The molecule has 1 aliphatic heterocycles. The number of nitrogens with one attached hydrogen (secondary N) is 1. The van der Waals surface area contributed by atoms with E-state index in [1.54, 1.807) is 16.7 Å². The highest BCUT2D eigenvalue weighted by Crippen LogP contribution is 2.14. The molecule has 122 valence electrons. The number of rotatable bonds is 4. The molecule has 1 aliphatic rings. The summed E-state index contributed by atoms with van der Waals surface area (Å²) in [5.74, 6) is 0.524. The Kier molecular flexibility index (Phi) is 4.84. The Morgan fingerprint density at radius 1 is 1.43 bits per heavy atom. The third kappa shape index (κ3) is 3.66. The van der Waals surface area contributed by atoms with E-state index in [0.29, 0.717) is 32.1 Å². The van der Waals surface area contributed by atoms with Gasteiger partial charge < -0.3 is 14.4 Å². The van der Waals surface area contributed by atoms with E-state index in [0.717, 1.165) is 5.69 Å². The molecule has 0 radical (unpaired) electrons. The predicted octanol–water partition coefficient (Wildman–Crippen LogP) is 1.15. The van der Waals surface area contributed by atoms with Crippen LogP contribution < -0.4 is 5.32 Å². The number of aromatic nitrogens is 3. The molecular formula is C15H19N5O3. The lowest BCUT2D eigenvalue weighted by Gasteiger charge is -2.32. The van der Waals surface area contributed by atoms with Crippen molar-refractivity contribution in [2.24, 2.45) is 0 Å². The first kappa shape index (κ1) is 15.4. The van der Waals surface area contributed by atoms with Gasteiger partial charge in [-0.3, -0.25) is 5.32 Å². The summed E-state index contributed by atoms with van der Waals surface area (Å²) in [6.07, 6.45) is 1.43. The van der Waals surface area contributed by atoms with Gasteiger partial charge in [0.05, 0.1) is 37.7 Å². The van der Waals surface area contributed by atoms with Crippen molar-refractivity contribution in [2.75, 3.05) is 38.7 Å². The minimum Gasteiger partial charge on any atom is -0.382 e. The van der Waals surface area contributed by atoms with E-state index < -0.39 is 0 Å². The van der Waals surface area contributed by atoms with Gasteiger partial charge >= 0.3 is 6.03 Å². The molecule has 8 heteroatoms. The molecular weight excluding hydrogens is 298 g/mol. The summed E-state index contributed by atoms with van der Waals surface area (Å²) in [5, 5.41) is 10.7. The van der Waals surface area contributed by atoms with Gasteiger partial charge in [-0.1, -0.05) is 23.4 Å². The number of morpholine rings is 1. The van der Waals surface area contributed by atoms with Crippen molar-refractivity contribution >= 4 is 11.8 Å². The molecule has 1 fully saturated rings. The normalized spacial score (nSPS) is 18.0. The fourth-order valence-corrected chi connectivity index (χ4v) is 2.46. The van der Waals surface area contributed by atoms with E-state index in [-0.39, 0.29) is 12.1 Å². The number of methoxy groups -OCH3 is 1. The fraction of sp³-hybridized carbons (Fsp3) is 0.400. The highest BCUT2D eigenvalue weighted by Gasteiger charge is 2.25. The second-order valence-electron chi connectivity index (χ2n) is 5.19. The van der Waals surface area contributed by atoms with Crippen LogP contribution in [-0.2, 0) is 9.47 Å². The molecule has 1 saturated heterocycles. The number of hydrogen-bond acceptors (Lipinski definition) is 5. The summed E-state index contributed by atoms with van der Waals surface area (Å²) in [6, 6.07) is 9.32. The lowest BCUT2D eigenvalue weighted by Crippen LogP contribution is -2.48. The van der Waals surface area contributed by atoms with Gasteiger partial charge in [-0.05, 0) is 12.1 Å². The third-order valence-corrected chi connectivity index (χ3v) is 3.56. The average Bonchev–Trinajstić information content (AvgIpc) is 3.04. The van der Waals surface area contributed by atoms with Gasteiger partial charge in [-0.25, -0.2) is 4.79 Å². The van der Waals surface area contributed by atoms with E-state index in [9.17, 15) is 4.79 Å². The molecule has 3 rings (SSSR count). The van der Waals surface area contributed by atoms with Gasteiger partial charge in [-0.2, -0.15) is 4.68 Å². The van der Waals surface area contributed by atoms with Crippen molar-refractivity contribution < 1.29 is 14.3 Å². The SMILES string of the molecule is COCC1CN(C(=O)Nc2cnnn2-c2ccccc2)CCO1. The van der Waals surface area contributed by atoms with E-state index >= 15 is 0 Å². The number of carbonyl (C=O) groups is 1. The topological polar surface area (TPSA) is 81.5 Å². The maximum atomic E-state index is 12.4. The molecule has 0 saturated carbocycles. The molecule has 8 nitrogen and oxygen atoms in total. The molecule has 0 spiro atoms. The lowest BCUT2D eigenvalue weighted by atomic mass is 10.3. The molecule has 1 N–H and O–H groups in total. The fourth-order valence-electron chi connectivity index (χ4n) is 2.46. The van der Waals surface area contributed by atoms with Crippen molar-refractivity contribution in [1.29, 1.82) is 0 Å². The average molecular weight is 317 g/mol. The van der Waals surface area contributed by atoms with Gasteiger partial charge in [0.15, 0.2) is 5.82 Å². The Morgan fingerprint density at radius 2 is 2.26 bits per heavy atom. The Bertz CT molecular complexity index is 644. The molecule has 2 aromatic rings.